The number of hydrogen-bond donors (Lipinski definition) is 1. The summed E-state index contributed by atoms with van der Waals surface area (Å²) in [6, 6.07) is 11.1. The zero-order valence-corrected chi connectivity index (χ0v) is 11.7. The molecule has 0 atom stereocenters. The van der Waals surface area contributed by atoms with Crippen LogP contribution in [0.3, 0.4) is 0 Å². The first-order valence-corrected chi connectivity index (χ1v) is 7.00. The van der Waals surface area contributed by atoms with Crippen LogP contribution >= 0.6 is 11.6 Å². The van der Waals surface area contributed by atoms with Gasteiger partial charge >= 0.3 is 0 Å². The van der Waals surface area contributed by atoms with Gasteiger partial charge in [-0.25, -0.2) is 4.39 Å². The highest BCUT2D eigenvalue weighted by molar-refractivity contribution is 6.33. The Morgan fingerprint density at radius 1 is 1.20 bits per heavy atom. The van der Waals surface area contributed by atoms with Gasteiger partial charge in [0.2, 0.25) is 0 Å². The Morgan fingerprint density at radius 3 is 2.80 bits per heavy atom. The summed E-state index contributed by atoms with van der Waals surface area (Å²) in [4.78, 5) is 0. The molecule has 104 valence electrons. The highest BCUT2D eigenvalue weighted by Crippen LogP contribution is 2.34. The van der Waals surface area contributed by atoms with E-state index in [1.807, 2.05) is 30.3 Å². The molecule has 0 radical (unpaired) electrons. The maximum absolute atomic E-state index is 14.1. The molecular formula is C16H15ClFNO. The van der Waals surface area contributed by atoms with Crippen LogP contribution in [0.25, 0.3) is 0 Å². The Morgan fingerprint density at radius 2 is 2.00 bits per heavy atom. The first kappa shape index (κ1) is 13.4. The van der Waals surface area contributed by atoms with Gasteiger partial charge < -0.3 is 10.1 Å². The average Bonchev–Trinajstić information content (AvgIpc) is 2.50. The van der Waals surface area contributed by atoms with Gasteiger partial charge in [-0.05, 0) is 24.1 Å². The number of fused-ring (bicyclic) bond motifs is 1. The SMILES string of the molecule is Fc1cc(OCc2ccccc2)c(Cl)c2c1CNCC2. The van der Waals surface area contributed by atoms with Crippen molar-refractivity contribution in [3.05, 3.63) is 63.9 Å². The first-order valence-electron chi connectivity index (χ1n) is 6.63. The third-order valence-corrected chi connectivity index (χ3v) is 3.90. The summed E-state index contributed by atoms with van der Waals surface area (Å²) in [6.07, 6.45) is 0.730. The molecule has 0 fully saturated rings. The maximum atomic E-state index is 14.1. The summed E-state index contributed by atoms with van der Waals surface area (Å²) in [6.45, 7) is 1.73. The van der Waals surface area contributed by atoms with Crippen LogP contribution in [0.15, 0.2) is 36.4 Å². The van der Waals surface area contributed by atoms with Crippen LogP contribution in [-0.4, -0.2) is 6.54 Å². The van der Waals surface area contributed by atoms with Crippen molar-refractivity contribution < 1.29 is 9.13 Å². The van der Waals surface area contributed by atoms with Crippen molar-refractivity contribution >= 4 is 11.6 Å². The van der Waals surface area contributed by atoms with Crippen LogP contribution in [0.2, 0.25) is 5.02 Å². The van der Waals surface area contributed by atoms with Crippen LogP contribution in [0.1, 0.15) is 16.7 Å². The van der Waals surface area contributed by atoms with E-state index >= 15 is 0 Å². The van der Waals surface area contributed by atoms with E-state index in [9.17, 15) is 4.39 Å². The lowest BCUT2D eigenvalue weighted by molar-refractivity contribution is 0.304. The minimum Gasteiger partial charge on any atom is -0.487 e. The van der Waals surface area contributed by atoms with Crippen molar-refractivity contribution in [2.24, 2.45) is 0 Å². The van der Waals surface area contributed by atoms with E-state index in [4.69, 9.17) is 16.3 Å². The molecule has 0 aromatic heterocycles. The van der Waals surface area contributed by atoms with E-state index in [2.05, 4.69) is 5.32 Å². The molecule has 1 heterocycles. The Labute approximate surface area is 122 Å². The number of hydrogen-bond acceptors (Lipinski definition) is 2. The van der Waals surface area contributed by atoms with Crippen molar-refractivity contribution in [1.29, 1.82) is 0 Å². The van der Waals surface area contributed by atoms with E-state index in [0.29, 0.717) is 29.5 Å². The predicted octanol–water partition coefficient (Wildman–Crippen LogP) is 3.70. The molecule has 2 aromatic carbocycles. The minimum atomic E-state index is -0.250. The second-order valence-electron chi connectivity index (χ2n) is 4.83. The lowest BCUT2D eigenvalue weighted by Crippen LogP contribution is -2.25. The van der Waals surface area contributed by atoms with Crippen molar-refractivity contribution in [3.8, 4) is 5.75 Å². The van der Waals surface area contributed by atoms with Gasteiger partial charge in [0.1, 0.15) is 18.2 Å². The van der Waals surface area contributed by atoms with E-state index in [-0.39, 0.29) is 5.82 Å². The van der Waals surface area contributed by atoms with Gasteiger partial charge in [-0.3, -0.25) is 0 Å². The average molecular weight is 292 g/mol. The Bertz CT molecular complexity index is 616. The number of rotatable bonds is 3. The lowest BCUT2D eigenvalue weighted by atomic mass is 10.00. The minimum absolute atomic E-state index is 0.250. The molecule has 0 spiro atoms. The Balaban J connectivity index is 1.85. The highest BCUT2D eigenvalue weighted by Gasteiger charge is 2.20. The summed E-state index contributed by atoms with van der Waals surface area (Å²) in [5.41, 5.74) is 2.56. The third-order valence-electron chi connectivity index (χ3n) is 3.48. The fourth-order valence-corrected chi connectivity index (χ4v) is 2.73. The second kappa shape index (κ2) is 5.81. The van der Waals surface area contributed by atoms with Crippen LogP contribution in [0.4, 0.5) is 4.39 Å². The van der Waals surface area contributed by atoms with Crippen molar-refractivity contribution in [3.63, 3.8) is 0 Å². The van der Waals surface area contributed by atoms with Crippen molar-refractivity contribution in [2.75, 3.05) is 6.54 Å². The first-order chi connectivity index (χ1) is 9.75. The van der Waals surface area contributed by atoms with Gasteiger partial charge in [-0.15, -0.1) is 0 Å². The molecule has 1 N–H and O–H groups in total. The molecular weight excluding hydrogens is 277 g/mol. The van der Waals surface area contributed by atoms with Crippen LogP contribution in [0, 0.1) is 5.82 Å². The van der Waals surface area contributed by atoms with E-state index < -0.39 is 0 Å². The number of benzene rings is 2. The molecule has 0 amide bonds. The second-order valence-corrected chi connectivity index (χ2v) is 5.21. The summed E-state index contributed by atoms with van der Waals surface area (Å²) in [5, 5.41) is 3.69. The van der Waals surface area contributed by atoms with Gasteiger partial charge in [0.25, 0.3) is 0 Å². The molecule has 1 aliphatic rings. The molecule has 0 aliphatic carbocycles. The van der Waals surface area contributed by atoms with Crippen LogP contribution in [-0.2, 0) is 19.6 Å². The van der Waals surface area contributed by atoms with Crippen LogP contribution < -0.4 is 10.1 Å². The highest BCUT2D eigenvalue weighted by atomic mass is 35.5. The van der Waals surface area contributed by atoms with Gasteiger partial charge in [0.05, 0.1) is 5.02 Å². The van der Waals surface area contributed by atoms with Crippen molar-refractivity contribution in [2.45, 2.75) is 19.6 Å². The van der Waals surface area contributed by atoms with Crippen molar-refractivity contribution in [1.82, 2.24) is 5.32 Å². The Hall–Kier alpha value is -1.58. The fraction of sp³-hybridized carbons (Fsp3) is 0.250. The van der Waals surface area contributed by atoms with Gasteiger partial charge in [-0.1, -0.05) is 41.9 Å². The summed E-state index contributed by atoms with van der Waals surface area (Å²) < 4.78 is 19.7. The maximum Gasteiger partial charge on any atom is 0.141 e. The molecule has 2 nitrogen and oxygen atoms in total. The fourth-order valence-electron chi connectivity index (χ4n) is 2.41. The summed E-state index contributed by atoms with van der Waals surface area (Å²) in [7, 11) is 0. The van der Waals surface area contributed by atoms with Gasteiger partial charge in [-0.2, -0.15) is 0 Å². The zero-order valence-electron chi connectivity index (χ0n) is 11.0. The lowest BCUT2D eigenvalue weighted by Gasteiger charge is -2.21. The predicted molar refractivity (Wildman–Crippen MR) is 77.6 cm³/mol. The molecule has 1 aliphatic heterocycles. The molecule has 0 saturated carbocycles. The molecule has 2 aromatic rings. The largest absolute Gasteiger partial charge is 0.487 e. The molecule has 20 heavy (non-hydrogen) atoms. The van der Waals surface area contributed by atoms with E-state index in [1.165, 1.54) is 6.07 Å². The Kier molecular flexibility index (Phi) is 3.90. The molecule has 0 unspecified atom stereocenters. The summed E-state index contributed by atoms with van der Waals surface area (Å²) in [5.74, 6) is 0.174. The standard InChI is InChI=1S/C16H15ClFNO/c17-16-12-6-7-19-9-13(12)14(18)8-15(16)20-10-11-4-2-1-3-5-11/h1-5,8,19H,6-7,9-10H2. The smallest absolute Gasteiger partial charge is 0.141 e. The third kappa shape index (κ3) is 2.65. The number of ether oxygens (including phenoxy) is 1. The quantitative estimate of drug-likeness (QED) is 0.931. The molecule has 0 saturated heterocycles. The molecule has 3 rings (SSSR count). The molecule has 4 heteroatoms. The van der Waals surface area contributed by atoms with Gasteiger partial charge in [0, 0.05) is 18.2 Å². The monoisotopic (exact) mass is 291 g/mol. The number of nitrogens with one attached hydrogen (secondary N) is 1. The van der Waals surface area contributed by atoms with E-state index in [1.54, 1.807) is 0 Å². The van der Waals surface area contributed by atoms with Gasteiger partial charge in [0.15, 0.2) is 0 Å². The zero-order chi connectivity index (χ0) is 13.9. The normalized spacial score (nSPS) is 13.9. The summed E-state index contributed by atoms with van der Waals surface area (Å²) >= 11 is 6.35. The number of halogens is 2. The molecule has 0 bridgehead atoms. The topological polar surface area (TPSA) is 21.3 Å². The van der Waals surface area contributed by atoms with E-state index in [0.717, 1.165) is 24.1 Å². The van der Waals surface area contributed by atoms with Crippen LogP contribution in [0.5, 0.6) is 5.75 Å².